The Morgan fingerprint density at radius 3 is 2.52 bits per heavy atom. The van der Waals surface area contributed by atoms with Crippen molar-refractivity contribution < 1.29 is 18.7 Å². The van der Waals surface area contributed by atoms with E-state index in [9.17, 15) is 9.18 Å². The summed E-state index contributed by atoms with van der Waals surface area (Å²) in [5.41, 5.74) is 1.63. The second kappa shape index (κ2) is 7.62. The summed E-state index contributed by atoms with van der Waals surface area (Å²) in [5.74, 6) is 0.106. The van der Waals surface area contributed by atoms with E-state index in [0.717, 1.165) is 5.56 Å². The van der Waals surface area contributed by atoms with Gasteiger partial charge >= 0.3 is 0 Å². The maximum atomic E-state index is 13.5. The summed E-state index contributed by atoms with van der Waals surface area (Å²) in [4.78, 5) is 12.7. The van der Waals surface area contributed by atoms with Crippen LogP contribution in [0.2, 0.25) is 0 Å². The fourth-order valence-electron chi connectivity index (χ4n) is 2.48. The smallest absolute Gasteiger partial charge is 0.196 e. The molecule has 25 heavy (non-hydrogen) atoms. The highest BCUT2D eigenvalue weighted by Gasteiger charge is 2.16. The number of carbonyl (C=O) groups is 1. The SMILES string of the molecule is COc1ccc(F)cc1C(=O)c1cccc(OCc2ccccc2)c1. The molecule has 126 valence electrons. The lowest BCUT2D eigenvalue weighted by atomic mass is 10.0. The third-order valence-corrected chi connectivity index (χ3v) is 3.75. The van der Waals surface area contributed by atoms with E-state index < -0.39 is 5.82 Å². The quantitative estimate of drug-likeness (QED) is 0.615. The second-order valence-corrected chi connectivity index (χ2v) is 5.48. The lowest BCUT2D eigenvalue weighted by molar-refractivity contribution is 0.103. The number of hydrogen-bond donors (Lipinski definition) is 0. The molecule has 0 bridgehead atoms. The zero-order valence-corrected chi connectivity index (χ0v) is 13.7. The van der Waals surface area contributed by atoms with Gasteiger partial charge in [0.2, 0.25) is 0 Å². The summed E-state index contributed by atoms with van der Waals surface area (Å²) in [6.45, 7) is 0.405. The first kappa shape index (κ1) is 16.7. The van der Waals surface area contributed by atoms with Crippen molar-refractivity contribution in [3.63, 3.8) is 0 Å². The minimum atomic E-state index is -0.486. The average Bonchev–Trinajstić information content (AvgIpc) is 2.67. The molecule has 0 heterocycles. The predicted molar refractivity (Wildman–Crippen MR) is 93.6 cm³/mol. The molecule has 0 aromatic heterocycles. The molecule has 0 N–H and O–H groups in total. The number of benzene rings is 3. The third kappa shape index (κ3) is 4.04. The van der Waals surface area contributed by atoms with Crippen molar-refractivity contribution in [3.8, 4) is 11.5 Å². The van der Waals surface area contributed by atoms with Crippen LogP contribution in [0.15, 0.2) is 72.8 Å². The van der Waals surface area contributed by atoms with Crippen molar-refractivity contribution in [3.05, 3.63) is 95.3 Å². The predicted octanol–water partition coefficient (Wildman–Crippen LogP) is 4.64. The maximum Gasteiger partial charge on any atom is 0.196 e. The van der Waals surface area contributed by atoms with Crippen LogP contribution in [0.4, 0.5) is 4.39 Å². The van der Waals surface area contributed by atoms with Crippen LogP contribution in [0, 0.1) is 5.82 Å². The van der Waals surface area contributed by atoms with Crippen LogP contribution in [0.3, 0.4) is 0 Å². The van der Waals surface area contributed by atoms with Crippen molar-refractivity contribution in [2.24, 2.45) is 0 Å². The van der Waals surface area contributed by atoms with Crippen molar-refractivity contribution in [1.29, 1.82) is 0 Å². The minimum Gasteiger partial charge on any atom is -0.496 e. The Balaban J connectivity index is 1.81. The monoisotopic (exact) mass is 336 g/mol. The van der Waals surface area contributed by atoms with Crippen LogP contribution in [-0.4, -0.2) is 12.9 Å². The van der Waals surface area contributed by atoms with Crippen LogP contribution in [-0.2, 0) is 6.61 Å². The zero-order valence-electron chi connectivity index (χ0n) is 13.7. The molecule has 3 aromatic rings. The van der Waals surface area contributed by atoms with Gasteiger partial charge in [-0.2, -0.15) is 0 Å². The van der Waals surface area contributed by atoms with E-state index in [1.807, 2.05) is 30.3 Å². The van der Waals surface area contributed by atoms with Crippen molar-refractivity contribution >= 4 is 5.78 Å². The molecule has 0 aliphatic heterocycles. The molecule has 0 unspecified atom stereocenters. The van der Waals surface area contributed by atoms with Gasteiger partial charge in [-0.15, -0.1) is 0 Å². The molecule has 0 aliphatic rings. The Morgan fingerprint density at radius 2 is 1.76 bits per heavy atom. The van der Waals surface area contributed by atoms with Crippen molar-refractivity contribution in [2.75, 3.05) is 7.11 Å². The minimum absolute atomic E-state index is 0.183. The number of ketones is 1. The highest BCUT2D eigenvalue weighted by atomic mass is 19.1. The van der Waals surface area contributed by atoms with Gasteiger partial charge in [0.1, 0.15) is 23.9 Å². The molecule has 0 saturated carbocycles. The van der Waals surface area contributed by atoms with Gasteiger partial charge in [0.15, 0.2) is 5.78 Å². The number of halogens is 1. The molecule has 0 spiro atoms. The molecule has 0 saturated heterocycles. The number of rotatable bonds is 6. The zero-order chi connectivity index (χ0) is 17.6. The Bertz CT molecular complexity index is 875. The molecule has 0 atom stereocenters. The van der Waals surface area contributed by atoms with Gasteiger partial charge in [-0.25, -0.2) is 4.39 Å². The molecule has 3 nitrogen and oxygen atoms in total. The Hall–Kier alpha value is -3.14. The van der Waals surface area contributed by atoms with Gasteiger partial charge in [0.05, 0.1) is 12.7 Å². The normalized spacial score (nSPS) is 10.3. The summed E-state index contributed by atoms with van der Waals surface area (Å²) < 4.78 is 24.4. The van der Waals surface area contributed by atoms with E-state index in [2.05, 4.69) is 0 Å². The lowest BCUT2D eigenvalue weighted by Gasteiger charge is -2.10. The highest BCUT2D eigenvalue weighted by molar-refractivity contribution is 6.10. The summed E-state index contributed by atoms with van der Waals surface area (Å²) in [6.07, 6.45) is 0. The molecule has 3 rings (SSSR count). The van der Waals surface area contributed by atoms with Gasteiger partial charge < -0.3 is 9.47 Å². The molecule has 0 fully saturated rings. The summed E-state index contributed by atoms with van der Waals surface area (Å²) in [7, 11) is 1.45. The standard InChI is InChI=1S/C21H17FO3/c1-24-20-11-10-17(22)13-19(20)21(23)16-8-5-9-18(12-16)25-14-15-6-3-2-4-7-15/h2-13H,14H2,1H3. The molecule has 0 aliphatic carbocycles. The fraction of sp³-hybridized carbons (Fsp3) is 0.0952. The van der Waals surface area contributed by atoms with Gasteiger partial charge in [0, 0.05) is 5.56 Å². The second-order valence-electron chi connectivity index (χ2n) is 5.48. The summed E-state index contributed by atoms with van der Waals surface area (Å²) in [5, 5.41) is 0. The molecular formula is C21H17FO3. The van der Waals surface area contributed by atoms with Gasteiger partial charge in [-0.05, 0) is 35.9 Å². The molecule has 4 heteroatoms. The van der Waals surface area contributed by atoms with Gasteiger partial charge in [-0.3, -0.25) is 4.79 Å². The van der Waals surface area contributed by atoms with E-state index in [1.165, 1.54) is 25.3 Å². The number of ether oxygens (including phenoxy) is 2. The van der Waals surface area contributed by atoms with Crippen LogP contribution in [0.5, 0.6) is 11.5 Å². The summed E-state index contributed by atoms with van der Waals surface area (Å²) >= 11 is 0. The van der Waals surface area contributed by atoms with E-state index in [1.54, 1.807) is 24.3 Å². The molecular weight excluding hydrogens is 319 g/mol. The maximum absolute atomic E-state index is 13.5. The van der Waals surface area contributed by atoms with Gasteiger partial charge in [-0.1, -0.05) is 42.5 Å². The van der Waals surface area contributed by atoms with Crippen LogP contribution in [0.1, 0.15) is 21.5 Å². The summed E-state index contributed by atoms with van der Waals surface area (Å²) in [6, 6.07) is 20.5. The Labute approximate surface area is 145 Å². The first-order chi connectivity index (χ1) is 12.2. The van der Waals surface area contributed by atoms with Crippen molar-refractivity contribution in [1.82, 2.24) is 0 Å². The van der Waals surface area contributed by atoms with E-state index in [4.69, 9.17) is 9.47 Å². The number of methoxy groups -OCH3 is 1. The fourth-order valence-corrected chi connectivity index (χ4v) is 2.48. The average molecular weight is 336 g/mol. The highest BCUT2D eigenvalue weighted by Crippen LogP contribution is 2.24. The van der Waals surface area contributed by atoms with Gasteiger partial charge in [0.25, 0.3) is 0 Å². The largest absolute Gasteiger partial charge is 0.496 e. The topological polar surface area (TPSA) is 35.5 Å². The van der Waals surface area contributed by atoms with Crippen molar-refractivity contribution in [2.45, 2.75) is 6.61 Å². The lowest BCUT2D eigenvalue weighted by Crippen LogP contribution is -2.05. The Kier molecular flexibility index (Phi) is 5.09. The molecule has 0 radical (unpaired) electrons. The van der Waals surface area contributed by atoms with E-state index in [-0.39, 0.29) is 11.3 Å². The molecule has 3 aromatic carbocycles. The number of hydrogen-bond acceptors (Lipinski definition) is 3. The third-order valence-electron chi connectivity index (χ3n) is 3.75. The Morgan fingerprint density at radius 1 is 0.960 bits per heavy atom. The molecule has 0 amide bonds. The van der Waals surface area contributed by atoms with E-state index in [0.29, 0.717) is 23.7 Å². The van der Waals surface area contributed by atoms with Crippen LogP contribution >= 0.6 is 0 Å². The van der Waals surface area contributed by atoms with Crippen LogP contribution < -0.4 is 9.47 Å². The first-order valence-corrected chi connectivity index (χ1v) is 7.82. The van der Waals surface area contributed by atoms with E-state index >= 15 is 0 Å². The van der Waals surface area contributed by atoms with Crippen LogP contribution in [0.25, 0.3) is 0 Å². The first-order valence-electron chi connectivity index (χ1n) is 7.82. The number of carbonyl (C=O) groups excluding carboxylic acids is 1.